The Bertz CT molecular complexity index is 5680. The lowest BCUT2D eigenvalue weighted by Gasteiger charge is -2.31. The van der Waals surface area contributed by atoms with E-state index in [2.05, 4.69) is 194 Å². The molecule has 0 spiro atoms. The maximum Gasteiger partial charge on any atom is 0.127 e. The SMILES string of the molecule is Cc1cc(-c2c(-c3nc4ccccc4s3)c(-n3c4ccccc4c4cc(C#N)ccc43)c(-n3c4ccccc4c4cc(C#N)ccc43)c(-n3c4ccccc4c4cc(C#N)ccc43)c2-n2c3ccccc3c3cc(C#N)ccc32)cc(C)n1. The Morgan fingerprint density at radius 2 is 0.651 bits per heavy atom. The van der Waals surface area contributed by atoms with Gasteiger partial charge in [-0.05, 0) is 141 Å². The molecule has 16 aromatic rings. The van der Waals surface area contributed by atoms with Gasteiger partial charge in [-0.25, -0.2) is 4.98 Å². The largest absolute Gasteiger partial charge is 0.306 e. The normalized spacial score (nSPS) is 11.7. The molecule has 0 N–H and O–H groups in total. The van der Waals surface area contributed by atoms with Gasteiger partial charge >= 0.3 is 0 Å². The van der Waals surface area contributed by atoms with Gasteiger partial charge in [-0.1, -0.05) is 84.9 Å². The Morgan fingerprint density at radius 3 is 1.02 bits per heavy atom. The first-order chi connectivity index (χ1) is 40.8. The zero-order valence-electron chi connectivity index (χ0n) is 44.5. The Balaban J connectivity index is 1.32. The molecular formula is C72H40N10S. The molecule has 384 valence electrons. The Kier molecular flexibility index (Phi) is 10.3. The highest BCUT2D eigenvalue weighted by Crippen LogP contribution is 2.55. The molecule has 11 heteroatoms. The molecule has 0 fully saturated rings. The molecule has 16 rings (SSSR count). The number of hydrogen-bond donors (Lipinski definition) is 0. The molecule has 0 bridgehead atoms. The van der Waals surface area contributed by atoms with Crippen LogP contribution in [0.4, 0.5) is 0 Å². The van der Waals surface area contributed by atoms with Crippen molar-refractivity contribution >= 4 is 109 Å². The van der Waals surface area contributed by atoms with Gasteiger partial charge in [-0.15, -0.1) is 11.3 Å². The summed E-state index contributed by atoms with van der Waals surface area (Å²) in [4.78, 5) is 10.8. The first kappa shape index (κ1) is 47.4. The second-order valence-electron chi connectivity index (χ2n) is 21.1. The maximum atomic E-state index is 10.6. The van der Waals surface area contributed by atoms with Gasteiger partial charge in [0.15, 0.2) is 0 Å². The molecule has 0 radical (unpaired) electrons. The molecule has 0 aliphatic carbocycles. The molecule has 0 aliphatic rings. The van der Waals surface area contributed by atoms with Crippen molar-refractivity contribution in [1.29, 1.82) is 21.0 Å². The molecule has 0 saturated carbocycles. The molecule has 0 aliphatic heterocycles. The number of fused-ring (bicyclic) bond motifs is 13. The highest BCUT2D eigenvalue weighted by molar-refractivity contribution is 7.21. The van der Waals surface area contributed by atoms with Crippen molar-refractivity contribution in [1.82, 2.24) is 28.2 Å². The summed E-state index contributed by atoms with van der Waals surface area (Å²) in [6.07, 6.45) is 0. The van der Waals surface area contributed by atoms with Crippen LogP contribution in [0.2, 0.25) is 0 Å². The zero-order chi connectivity index (χ0) is 55.8. The zero-order valence-corrected chi connectivity index (χ0v) is 45.3. The minimum absolute atomic E-state index is 0.531. The number of thiazole rings is 1. The fraction of sp³-hybridized carbons (Fsp3) is 0.0278. The summed E-state index contributed by atoms with van der Waals surface area (Å²) in [7, 11) is 0. The number of para-hydroxylation sites is 5. The van der Waals surface area contributed by atoms with Crippen LogP contribution in [0.15, 0.2) is 206 Å². The highest BCUT2D eigenvalue weighted by Gasteiger charge is 2.37. The molecule has 0 unspecified atom stereocenters. The van der Waals surface area contributed by atoms with Crippen LogP contribution in [0.25, 0.3) is 142 Å². The van der Waals surface area contributed by atoms with E-state index in [4.69, 9.17) is 9.97 Å². The van der Waals surface area contributed by atoms with Crippen molar-refractivity contribution in [3.05, 3.63) is 240 Å². The third-order valence-corrected chi connectivity index (χ3v) is 17.4. The third-order valence-electron chi connectivity index (χ3n) is 16.4. The van der Waals surface area contributed by atoms with Crippen molar-refractivity contribution in [2.75, 3.05) is 0 Å². The average Bonchev–Trinajstić information content (AvgIpc) is 2.41. The van der Waals surface area contributed by atoms with E-state index in [0.717, 1.165) is 153 Å². The summed E-state index contributed by atoms with van der Waals surface area (Å²) in [5.41, 5.74) is 17.5. The molecule has 0 saturated heterocycles. The molecule has 83 heavy (non-hydrogen) atoms. The number of aromatic nitrogens is 6. The lowest BCUT2D eigenvalue weighted by molar-refractivity contribution is 1.02. The van der Waals surface area contributed by atoms with Crippen LogP contribution in [-0.2, 0) is 0 Å². The average molecular weight is 1080 g/mol. The van der Waals surface area contributed by atoms with Crippen molar-refractivity contribution in [2.45, 2.75) is 13.8 Å². The Morgan fingerprint density at radius 1 is 0.325 bits per heavy atom. The molecule has 6 aromatic heterocycles. The van der Waals surface area contributed by atoms with E-state index in [-0.39, 0.29) is 0 Å². The van der Waals surface area contributed by atoms with Gasteiger partial charge in [0.2, 0.25) is 0 Å². The number of benzene rings is 10. The van der Waals surface area contributed by atoms with Crippen LogP contribution < -0.4 is 0 Å². The summed E-state index contributed by atoms with van der Waals surface area (Å²) in [5, 5.41) is 50.6. The van der Waals surface area contributed by atoms with E-state index in [1.165, 1.54) is 0 Å². The third kappa shape index (κ3) is 6.84. The number of nitrogens with zero attached hydrogens (tertiary/aromatic N) is 10. The first-order valence-corrected chi connectivity index (χ1v) is 27.9. The summed E-state index contributed by atoms with van der Waals surface area (Å²) >= 11 is 1.63. The number of aryl methyl sites for hydroxylation is 2. The number of rotatable bonds is 6. The Hall–Kier alpha value is -11.6. The number of pyridine rings is 1. The van der Waals surface area contributed by atoms with Crippen LogP contribution in [0.5, 0.6) is 0 Å². The maximum absolute atomic E-state index is 10.6. The molecule has 10 nitrogen and oxygen atoms in total. The van der Waals surface area contributed by atoms with Crippen molar-refractivity contribution in [2.24, 2.45) is 0 Å². The lowest BCUT2D eigenvalue weighted by atomic mass is 9.91. The standard InChI is InChI=1S/C72H40N10S/c1-41-31-47(32-42(2)77-41)66-67(72-78-56-17-7-12-22-65(56)83-72)69(80-58-19-9-4-14-49(58)53-34-44(38-74)24-28-62(53)80)71(82-60-21-11-6-16-51(60)55-36-46(40-76)26-30-64(55)82)70(81-59-20-10-5-15-50(59)54-35-45(39-75)25-29-63(54)81)68(66)79-57-18-8-3-13-48(57)52-33-43(37-73)23-27-61(52)79/h3-36H,1-2H3. The molecular weight excluding hydrogens is 1040 g/mol. The van der Waals surface area contributed by atoms with E-state index >= 15 is 0 Å². The van der Waals surface area contributed by atoms with Crippen LogP contribution in [0.1, 0.15) is 33.6 Å². The van der Waals surface area contributed by atoms with E-state index in [9.17, 15) is 21.0 Å². The van der Waals surface area contributed by atoms with Gasteiger partial charge in [0.25, 0.3) is 0 Å². The number of nitriles is 4. The van der Waals surface area contributed by atoms with Gasteiger partial charge in [0.05, 0.1) is 124 Å². The minimum atomic E-state index is 0.531. The van der Waals surface area contributed by atoms with Crippen molar-refractivity contribution in [3.63, 3.8) is 0 Å². The summed E-state index contributed by atoms with van der Waals surface area (Å²) in [6.45, 7) is 4.08. The van der Waals surface area contributed by atoms with Crippen LogP contribution >= 0.6 is 11.3 Å². The quantitative estimate of drug-likeness (QED) is 0.162. The fourth-order valence-electron chi connectivity index (χ4n) is 13.1. The molecule has 6 heterocycles. The topological polar surface area (TPSA) is 141 Å². The van der Waals surface area contributed by atoms with E-state index in [1.807, 2.05) is 68.4 Å². The van der Waals surface area contributed by atoms with Crippen LogP contribution in [-0.4, -0.2) is 28.2 Å². The summed E-state index contributed by atoms with van der Waals surface area (Å²) in [5.74, 6) is 0. The first-order valence-electron chi connectivity index (χ1n) is 27.1. The van der Waals surface area contributed by atoms with Crippen molar-refractivity contribution in [3.8, 4) is 68.7 Å². The summed E-state index contributed by atoms with van der Waals surface area (Å²) in [6, 6.07) is 80.0. The van der Waals surface area contributed by atoms with E-state index in [0.29, 0.717) is 22.3 Å². The Labute approximate surface area is 477 Å². The van der Waals surface area contributed by atoms with Gasteiger partial charge in [0, 0.05) is 65.6 Å². The van der Waals surface area contributed by atoms with Gasteiger partial charge in [0.1, 0.15) is 5.01 Å². The van der Waals surface area contributed by atoms with Crippen LogP contribution in [0.3, 0.4) is 0 Å². The molecule has 0 amide bonds. The highest BCUT2D eigenvalue weighted by atomic mass is 32.1. The van der Waals surface area contributed by atoms with Gasteiger partial charge in [-0.2, -0.15) is 21.0 Å². The van der Waals surface area contributed by atoms with Gasteiger partial charge < -0.3 is 18.3 Å². The monoisotopic (exact) mass is 1080 g/mol. The smallest absolute Gasteiger partial charge is 0.127 e. The van der Waals surface area contributed by atoms with Crippen LogP contribution in [0, 0.1) is 59.2 Å². The van der Waals surface area contributed by atoms with E-state index in [1.54, 1.807) is 11.3 Å². The van der Waals surface area contributed by atoms with Gasteiger partial charge in [-0.3, -0.25) is 4.98 Å². The second-order valence-corrected chi connectivity index (χ2v) is 22.1. The molecule has 0 atom stereocenters. The van der Waals surface area contributed by atoms with Crippen molar-refractivity contribution < 1.29 is 0 Å². The van der Waals surface area contributed by atoms with E-state index < -0.39 is 0 Å². The summed E-state index contributed by atoms with van der Waals surface area (Å²) < 4.78 is 10.6. The minimum Gasteiger partial charge on any atom is -0.306 e. The number of hydrogen-bond acceptors (Lipinski definition) is 7. The predicted molar refractivity (Wildman–Crippen MR) is 334 cm³/mol. The molecule has 10 aromatic carbocycles. The second kappa shape index (κ2) is 18.0. The lowest BCUT2D eigenvalue weighted by Crippen LogP contribution is -2.16. The fourth-order valence-corrected chi connectivity index (χ4v) is 14.2. The predicted octanol–water partition coefficient (Wildman–Crippen LogP) is 17.5.